The van der Waals surface area contributed by atoms with Gasteiger partial charge in [0.05, 0.1) is 25.4 Å². The van der Waals surface area contributed by atoms with Crippen molar-refractivity contribution in [3.8, 4) is 5.75 Å². The Hall–Kier alpha value is -4.84. The molecule has 40 heavy (non-hydrogen) atoms. The highest BCUT2D eigenvalue weighted by molar-refractivity contribution is 5.91. The van der Waals surface area contributed by atoms with Crippen LogP contribution in [0, 0.1) is 5.82 Å². The van der Waals surface area contributed by atoms with Gasteiger partial charge in [-0.1, -0.05) is 12.1 Å². The van der Waals surface area contributed by atoms with Crippen molar-refractivity contribution in [2.24, 2.45) is 0 Å². The van der Waals surface area contributed by atoms with Crippen LogP contribution in [-0.2, 0) is 6.54 Å². The van der Waals surface area contributed by atoms with Crippen molar-refractivity contribution >= 4 is 16.8 Å². The third-order valence-corrected chi connectivity index (χ3v) is 7.12. The summed E-state index contributed by atoms with van der Waals surface area (Å²) in [5, 5.41) is 13.3. The molecule has 0 saturated carbocycles. The number of nitrogens with zero attached hydrogens (tertiary/aromatic N) is 6. The van der Waals surface area contributed by atoms with Gasteiger partial charge in [0, 0.05) is 37.8 Å². The van der Waals surface area contributed by atoms with Crippen LogP contribution in [0.4, 0.5) is 4.39 Å². The Morgan fingerprint density at radius 2 is 1.90 bits per heavy atom. The van der Waals surface area contributed by atoms with E-state index in [1.54, 1.807) is 47.0 Å². The monoisotopic (exact) mass is 543 g/mol. The Kier molecular flexibility index (Phi) is 6.83. The molecule has 0 aliphatic carbocycles. The summed E-state index contributed by atoms with van der Waals surface area (Å²) in [6, 6.07) is 16.2. The van der Waals surface area contributed by atoms with E-state index in [4.69, 9.17) is 9.15 Å². The maximum absolute atomic E-state index is 13.5. The molecule has 0 unspecified atom stereocenters. The van der Waals surface area contributed by atoms with Crippen molar-refractivity contribution in [1.82, 2.24) is 35.0 Å². The average molecular weight is 544 g/mol. The molecule has 2 aromatic carbocycles. The Labute approximate surface area is 227 Å². The van der Waals surface area contributed by atoms with Crippen molar-refractivity contribution in [2.45, 2.75) is 12.6 Å². The number of H-pyrrole nitrogens is 1. The van der Waals surface area contributed by atoms with Gasteiger partial charge in [-0.05, 0) is 63.8 Å². The molecule has 6 rings (SSSR count). The van der Waals surface area contributed by atoms with Gasteiger partial charge in [0.2, 0.25) is 0 Å². The van der Waals surface area contributed by atoms with Crippen molar-refractivity contribution in [1.29, 1.82) is 0 Å². The zero-order chi connectivity index (χ0) is 27.6. The number of pyridine rings is 1. The lowest BCUT2D eigenvalue weighted by Crippen LogP contribution is -2.50. The number of carbonyl (C=O) groups excluding carboxylic acids is 1. The van der Waals surface area contributed by atoms with Crippen LogP contribution in [0.15, 0.2) is 76.1 Å². The van der Waals surface area contributed by atoms with Gasteiger partial charge in [0.25, 0.3) is 11.5 Å². The number of aromatic nitrogens is 5. The number of hydrogen-bond donors (Lipinski definition) is 1. The molecule has 11 nitrogen and oxygen atoms in total. The molecule has 1 N–H and O–H groups in total. The molecule has 12 heteroatoms. The van der Waals surface area contributed by atoms with Gasteiger partial charge in [-0.2, -0.15) is 0 Å². The van der Waals surface area contributed by atoms with Gasteiger partial charge in [-0.3, -0.25) is 14.5 Å². The largest absolute Gasteiger partial charge is 0.497 e. The van der Waals surface area contributed by atoms with Gasteiger partial charge in [0.15, 0.2) is 11.6 Å². The summed E-state index contributed by atoms with van der Waals surface area (Å²) in [4.78, 5) is 33.2. The Morgan fingerprint density at radius 1 is 1.10 bits per heavy atom. The predicted molar refractivity (Wildman–Crippen MR) is 142 cm³/mol. The lowest BCUT2D eigenvalue weighted by atomic mass is 10.0. The van der Waals surface area contributed by atoms with E-state index in [1.165, 1.54) is 18.4 Å². The van der Waals surface area contributed by atoms with E-state index in [2.05, 4.69) is 25.4 Å². The minimum Gasteiger partial charge on any atom is -0.497 e. The molecule has 1 amide bonds. The van der Waals surface area contributed by atoms with Gasteiger partial charge in [-0.15, -0.1) is 5.10 Å². The molecule has 3 aromatic heterocycles. The Balaban J connectivity index is 1.37. The lowest BCUT2D eigenvalue weighted by molar-refractivity contribution is 0.0558. The van der Waals surface area contributed by atoms with Crippen LogP contribution in [0.5, 0.6) is 5.75 Å². The number of methoxy groups -OCH3 is 1. The zero-order valence-corrected chi connectivity index (χ0v) is 21.7. The number of aromatic amines is 1. The van der Waals surface area contributed by atoms with Gasteiger partial charge < -0.3 is 19.0 Å². The summed E-state index contributed by atoms with van der Waals surface area (Å²) in [6.07, 6.45) is 1.47. The number of amides is 1. The van der Waals surface area contributed by atoms with Crippen molar-refractivity contribution in [3.63, 3.8) is 0 Å². The molecular formula is C28H26FN7O4. The summed E-state index contributed by atoms with van der Waals surface area (Å²) in [5.41, 5.74) is 1.64. The standard InChI is InChI=1S/C28H26FN7O4/c1-39-21-9-6-19-15-22(27(37)30-23(19)16-21)25(26-31-32-33-36(26)17-18-4-7-20(29)8-5-18)34-10-12-35(13-11-34)28(38)24-3-2-14-40-24/h2-9,14-16,25H,10-13,17H2,1H3,(H,30,37)/t25-/m1/s1. The summed E-state index contributed by atoms with van der Waals surface area (Å²) < 4.78 is 25.7. The highest BCUT2D eigenvalue weighted by atomic mass is 19.1. The summed E-state index contributed by atoms with van der Waals surface area (Å²) >= 11 is 0. The second-order valence-electron chi connectivity index (χ2n) is 9.54. The fraction of sp³-hybridized carbons (Fsp3) is 0.250. The first-order valence-electron chi connectivity index (χ1n) is 12.8. The topological polar surface area (TPSA) is 122 Å². The van der Waals surface area contributed by atoms with E-state index in [1.807, 2.05) is 18.2 Å². The van der Waals surface area contributed by atoms with Crippen LogP contribution < -0.4 is 10.3 Å². The molecule has 5 aromatic rings. The SMILES string of the molecule is COc1ccc2cc([C@H](c3nnnn3Cc3ccc(F)cc3)N3CCN(C(=O)c4ccco4)CC3)c(=O)[nH]c2c1. The molecule has 1 aliphatic rings. The van der Waals surface area contributed by atoms with E-state index in [9.17, 15) is 14.0 Å². The zero-order valence-electron chi connectivity index (χ0n) is 21.7. The minimum atomic E-state index is -0.605. The second-order valence-corrected chi connectivity index (χ2v) is 9.54. The minimum absolute atomic E-state index is 0.181. The number of piperazine rings is 1. The fourth-order valence-corrected chi connectivity index (χ4v) is 5.05. The molecular weight excluding hydrogens is 517 g/mol. The van der Waals surface area contributed by atoms with Crippen molar-refractivity contribution in [2.75, 3.05) is 33.3 Å². The third kappa shape index (κ3) is 4.96. The van der Waals surface area contributed by atoms with E-state index < -0.39 is 6.04 Å². The Bertz CT molecular complexity index is 1690. The molecule has 1 fully saturated rings. The number of halogens is 1. The van der Waals surface area contributed by atoms with Crippen LogP contribution in [0.1, 0.15) is 33.5 Å². The van der Waals surface area contributed by atoms with Crippen LogP contribution in [-0.4, -0.2) is 74.2 Å². The maximum Gasteiger partial charge on any atom is 0.289 e. The van der Waals surface area contributed by atoms with Crippen LogP contribution in [0.2, 0.25) is 0 Å². The first-order chi connectivity index (χ1) is 19.5. The molecule has 1 atom stereocenters. The maximum atomic E-state index is 13.5. The van der Waals surface area contributed by atoms with Crippen molar-refractivity contribution in [3.05, 3.63) is 106 Å². The number of benzene rings is 2. The van der Waals surface area contributed by atoms with Crippen molar-refractivity contribution < 1.29 is 18.3 Å². The number of furan rings is 1. The molecule has 204 valence electrons. The average Bonchev–Trinajstić information content (AvgIpc) is 3.68. The fourth-order valence-electron chi connectivity index (χ4n) is 5.05. The summed E-state index contributed by atoms with van der Waals surface area (Å²) in [7, 11) is 1.57. The molecule has 0 spiro atoms. The second kappa shape index (κ2) is 10.7. The number of nitrogens with one attached hydrogen (secondary N) is 1. The quantitative estimate of drug-likeness (QED) is 0.333. The van der Waals surface area contributed by atoms with Gasteiger partial charge >= 0.3 is 0 Å². The molecule has 0 bridgehead atoms. The molecule has 4 heterocycles. The first kappa shape index (κ1) is 25.4. The van der Waals surface area contributed by atoms with E-state index in [0.717, 1.165) is 10.9 Å². The number of carbonyl (C=O) groups is 1. The summed E-state index contributed by atoms with van der Waals surface area (Å²) in [5.74, 6) is 0.871. The number of fused-ring (bicyclic) bond motifs is 1. The normalized spacial score (nSPS) is 14.9. The number of ether oxygens (including phenoxy) is 1. The predicted octanol–water partition coefficient (Wildman–Crippen LogP) is 2.85. The number of tetrazole rings is 1. The highest BCUT2D eigenvalue weighted by Crippen LogP contribution is 2.29. The first-order valence-corrected chi connectivity index (χ1v) is 12.8. The van der Waals surface area contributed by atoms with E-state index in [-0.39, 0.29) is 23.0 Å². The molecule has 1 saturated heterocycles. The van der Waals surface area contributed by atoms with Crippen LogP contribution in [0.3, 0.4) is 0 Å². The smallest absolute Gasteiger partial charge is 0.289 e. The van der Waals surface area contributed by atoms with Crippen LogP contribution >= 0.6 is 0 Å². The van der Waals surface area contributed by atoms with Gasteiger partial charge in [0.1, 0.15) is 17.6 Å². The Morgan fingerprint density at radius 3 is 2.62 bits per heavy atom. The third-order valence-electron chi connectivity index (χ3n) is 7.12. The van der Waals surface area contributed by atoms with Crippen LogP contribution in [0.25, 0.3) is 10.9 Å². The molecule has 0 radical (unpaired) electrons. The molecule has 1 aliphatic heterocycles. The highest BCUT2D eigenvalue weighted by Gasteiger charge is 2.34. The number of hydrogen-bond acceptors (Lipinski definition) is 8. The lowest BCUT2D eigenvalue weighted by Gasteiger charge is -2.38. The summed E-state index contributed by atoms with van der Waals surface area (Å²) in [6.45, 7) is 2.09. The van der Waals surface area contributed by atoms with E-state index in [0.29, 0.717) is 55.4 Å². The van der Waals surface area contributed by atoms with E-state index >= 15 is 0 Å². The van der Waals surface area contributed by atoms with Gasteiger partial charge in [-0.25, -0.2) is 9.07 Å². The number of rotatable bonds is 7.